The van der Waals surface area contributed by atoms with Crippen molar-refractivity contribution >= 4 is 19.7 Å². The van der Waals surface area contributed by atoms with Crippen LogP contribution in [0.25, 0.3) is 0 Å². The Balaban J connectivity index is 3.69. The third kappa shape index (κ3) is 49.8. The molecule has 0 aromatic rings. The van der Waals surface area contributed by atoms with E-state index in [2.05, 4.69) is 110 Å². The number of carbonyl (C=O) groups is 2. The first-order chi connectivity index (χ1) is 30.8. The average molecular weight is 900 g/mol. The molecule has 0 aromatic carbocycles. The highest BCUT2D eigenvalue weighted by molar-refractivity contribution is 7.47. The van der Waals surface area contributed by atoms with E-state index in [0.717, 1.165) is 70.6 Å². The van der Waals surface area contributed by atoms with Gasteiger partial charge < -0.3 is 20.1 Å². The van der Waals surface area contributed by atoms with Gasteiger partial charge in [0, 0.05) is 19.4 Å². The van der Waals surface area contributed by atoms with Gasteiger partial charge in [0.05, 0.1) is 13.2 Å². The molecule has 0 aromatic heterocycles. The molecule has 1 amide bonds. The number of allylic oxidation sites excluding steroid dienone is 16. The highest BCUT2D eigenvalue weighted by Gasteiger charge is 2.23. The van der Waals surface area contributed by atoms with Crippen molar-refractivity contribution in [3.05, 3.63) is 97.2 Å². The summed E-state index contributed by atoms with van der Waals surface area (Å²) in [5.74, 6) is -0.584. The van der Waals surface area contributed by atoms with Crippen molar-refractivity contribution in [2.75, 3.05) is 26.4 Å². The molecular weight excluding hydrogens is 810 g/mol. The van der Waals surface area contributed by atoms with Crippen molar-refractivity contribution in [1.82, 2.24) is 5.32 Å². The molecule has 0 aliphatic carbocycles. The summed E-state index contributed by atoms with van der Waals surface area (Å²) in [6.45, 7) is 3.37. The maximum Gasteiger partial charge on any atom is 0.472 e. The Kier molecular flexibility index (Phi) is 46.0. The number of hydrogen-bond acceptors (Lipinski definition) is 7. The molecule has 2 unspecified atom stereocenters. The van der Waals surface area contributed by atoms with Crippen molar-refractivity contribution < 1.29 is 37.9 Å². The Hall–Kier alpha value is -3.07. The molecule has 3 N–H and O–H groups in total. The van der Waals surface area contributed by atoms with Gasteiger partial charge in [-0.2, -0.15) is 0 Å². The summed E-state index contributed by atoms with van der Waals surface area (Å²) < 4.78 is 26.9. The first kappa shape index (κ1) is 59.9. The molecule has 63 heavy (non-hydrogen) atoms. The number of nitrogens with one attached hydrogen (secondary N) is 1. The predicted octanol–water partition coefficient (Wildman–Crippen LogP) is 14.6. The SMILES string of the molecule is CC/C=C\C/C=C\C/C=C\C/C=C\C/C=C\C/C=C\C/C=C\CCCC(=O)OCC(O)COP(=O)(O)OCCNC(=O)CCCCCCCCCCC/C=C/CCCCCCCC. The predicted molar refractivity (Wildman–Crippen MR) is 265 cm³/mol. The fourth-order valence-corrected chi connectivity index (χ4v) is 7.06. The van der Waals surface area contributed by atoms with Crippen molar-refractivity contribution in [3.63, 3.8) is 0 Å². The molecule has 0 bridgehead atoms. The summed E-state index contributed by atoms with van der Waals surface area (Å²) in [5, 5.41) is 12.7. The lowest BCUT2D eigenvalue weighted by Gasteiger charge is -2.15. The summed E-state index contributed by atoms with van der Waals surface area (Å²) in [6, 6.07) is 0. The van der Waals surface area contributed by atoms with Gasteiger partial charge >= 0.3 is 13.8 Å². The second kappa shape index (κ2) is 48.4. The summed E-state index contributed by atoms with van der Waals surface area (Å²) in [6.07, 6.45) is 63.5. The molecule has 10 heteroatoms. The second-order valence-electron chi connectivity index (χ2n) is 16.0. The largest absolute Gasteiger partial charge is 0.472 e. The summed E-state index contributed by atoms with van der Waals surface area (Å²) in [4.78, 5) is 34.0. The van der Waals surface area contributed by atoms with Crippen LogP contribution in [0.2, 0.25) is 0 Å². The third-order valence-corrected chi connectivity index (χ3v) is 11.0. The quantitative estimate of drug-likeness (QED) is 0.0238. The van der Waals surface area contributed by atoms with E-state index in [1.54, 1.807) is 0 Å². The van der Waals surface area contributed by atoms with Crippen LogP contribution < -0.4 is 5.32 Å². The minimum atomic E-state index is -4.44. The molecule has 0 rings (SSSR count). The van der Waals surface area contributed by atoms with E-state index in [4.69, 9.17) is 13.8 Å². The lowest BCUT2D eigenvalue weighted by atomic mass is 10.1. The molecule has 0 saturated heterocycles. The van der Waals surface area contributed by atoms with E-state index in [-0.39, 0.29) is 32.1 Å². The molecule has 360 valence electrons. The van der Waals surface area contributed by atoms with Crippen LogP contribution >= 0.6 is 7.82 Å². The van der Waals surface area contributed by atoms with E-state index < -0.39 is 26.5 Å². The van der Waals surface area contributed by atoms with Gasteiger partial charge in [0.1, 0.15) is 12.7 Å². The summed E-state index contributed by atoms with van der Waals surface area (Å²) >= 11 is 0. The third-order valence-electron chi connectivity index (χ3n) is 10.00. The lowest BCUT2D eigenvalue weighted by Crippen LogP contribution is -2.27. The topological polar surface area (TPSA) is 131 Å². The summed E-state index contributed by atoms with van der Waals surface area (Å²) in [5.41, 5.74) is 0. The minimum absolute atomic E-state index is 0.0690. The standard InChI is InChI=1S/C53H90NO8P/c1-3-5-7-9-11-13-15-17-19-21-23-24-25-26-28-30-32-34-36-38-40-42-44-46-53(57)60-49-51(55)50-62-63(58,59)61-48-47-54-52(56)45-43-41-39-37-35-33-31-29-27-22-20-18-16-14-12-10-8-6-4-2/h5,7,11,13,17-20,23-24,26,28,32,34,38,40,51,55H,3-4,6,8-10,12,14-16,21-22,25,27,29-31,33,35-37,39,41-50H2,1-2H3,(H,54,56)(H,58,59)/b7-5-,13-11-,19-17-,20-18+,24-23-,28-26-,34-32-,40-38-. The molecule has 0 fully saturated rings. The molecule has 0 spiro atoms. The molecule has 0 radical (unpaired) electrons. The van der Waals surface area contributed by atoms with Crippen molar-refractivity contribution in [2.45, 2.75) is 200 Å². The zero-order chi connectivity index (χ0) is 46.0. The van der Waals surface area contributed by atoms with Crippen LogP contribution in [-0.4, -0.2) is 54.3 Å². The molecule has 0 aliphatic rings. The van der Waals surface area contributed by atoms with E-state index in [0.29, 0.717) is 12.8 Å². The first-order valence-corrected chi connectivity index (χ1v) is 26.2. The van der Waals surface area contributed by atoms with E-state index >= 15 is 0 Å². The van der Waals surface area contributed by atoms with Gasteiger partial charge in [-0.1, -0.05) is 188 Å². The zero-order valence-corrected chi connectivity index (χ0v) is 40.6. The van der Waals surface area contributed by atoms with E-state index in [1.165, 1.54) is 89.9 Å². The van der Waals surface area contributed by atoms with Crippen molar-refractivity contribution in [2.24, 2.45) is 0 Å². The number of esters is 1. The Bertz CT molecular complexity index is 1350. The zero-order valence-electron chi connectivity index (χ0n) is 39.7. The van der Waals surface area contributed by atoms with Crippen LogP contribution in [0, 0.1) is 0 Å². The lowest BCUT2D eigenvalue weighted by molar-refractivity contribution is -0.147. The fraction of sp³-hybridized carbons (Fsp3) is 0.660. The maximum atomic E-state index is 12.1. The maximum absolute atomic E-state index is 12.1. The van der Waals surface area contributed by atoms with Gasteiger partial charge in [-0.25, -0.2) is 4.57 Å². The van der Waals surface area contributed by atoms with E-state index in [9.17, 15) is 24.2 Å². The minimum Gasteiger partial charge on any atom is -0.463 e. The molecule has 0 heterocycles. The van der Waals surface area contributed by atoms with Crippen LogP contribution in [0.3, 0.4) is 0 Å². The number of carbonyl (C=O) groups excluding carboxylic acids is 2. The number of phosphoric acid groups is 1. The van der Waals surface area contributed by atoms with Gasteiger partial charge in [0.15, 0.2) is 0 Å². The molecule has 0 aliphatic heterocycles. The Morgan fingerprint density at radius 1 is 0.508 bits per heavy atom. The molecule has 9 nitrogen and oxygen atoms in total. The number of ether oxygens (including phenoxy) is 1. The number of phosphoric ester groups is 1. The number of unbranched alkanes of at least 4 members (excludes halogenated alkanes) is 16. The van der Waals surface area contributed by atoms with Gasteiger partial charge in [0.25, 0.3) is 0 Å². The average Bonchev–Trinajstić information content (AvgIpc) is 3.27. The molecule has 2 atom stereocenters. The number of aliphatic hydroxyl groups is 1. The first-order valence-electron chi connectivity index (χ1n) is 24.7. The Morgan fingerprint density at radius 2 is 0.921 bits per heavy atom. The number of amides is 1. The molecule has 0 saturated carbocycles. The fourth-order valence-electron chi connectivity index (χ4n) is 6.31. The normalized spacial score (nSPS) is 14.0. The summed E-state index contributed by atoms with van der Waals surface area (Å²) in [7, 11) is -4.44. The van der Waals surface area contributed by atoms with Crippen molar-refractivity contribution in [1.29, 1.82) is 0 Å². The molecular formula is C53H90NO8P. The second-order valence-corrected chi connectivity index (χ2v) is 17.5. The van der Waals surface area contributed by atoms with Gasteiger partial charge in [-0.3, -0.25) is 18.6 Å². The number of aliphatic hydroxyl groups excluding tert-OH is 1. The van der Waals surface area contributed by atoms with Crippen LogP contribution in [0.5, 0.6) is 0 Å². The van der Waals surface area contributed by atoms with Crippen LogP contribution in [-0.2, 0) is 27.9 Å². The highest BCUT2D eigenvalue weighted by atomic mass is 31.2. The highest BCUT2D eigenvalue weighted by Crippen LogP contribution is 2.42. The van der Waals surface area contributed by atoms with Crippen LogP contribution in [0.4, 0.5) is 0 Å². The van der Waals surface area contributed by atoms with Crippen LogP contribution in [0.1, 0.15) is 194 Å². The smallest absolute Gasteiger partial charge is 0.463 e. The Labute approximate surface area is 385 Å². The van der Waals surface area contributed by atoms with Gasteiger partial charge in [0.2, 0.25) is 5.91 Å². The van der Waals surface area contributed by atoms with Gasteiger partial charge in [-0.15, -0.1) is 0 Å². The Morgan fingerprint density at radius 3 is 1.41 bits per heavy atom. The van der Waals surface area contributed by atoms with Crippen LogP contribution in [0.15, 0.2) is 97.2 Å². The van der Waals surface area contributed by atoms with Crippen molar-refractivity contribution in [3.8, 4) is 0 Å². The monoisotopic (exact) mass is 900 g/mol. The number of hydrogen-bond donors (Lipinski definition) is 3. The van der Waals surface area contributed by atoms with E-state index in [1.807, 2.05) is 6.08 Å². The van der Waals surface area contributed by atoms with Gasteiger partial charge in [-0.05, 0) is 89.9 Å². The number of rotatable bonds is 45.